The summed E-state index contributed by atoms with van der Waals surface area (Å²) in [7, 11) is -4.13. The van der Waals surface area contributed by atoms with E-state index in [2.05, 4.69) is 5.32 Å². The lowest BCUT2D eigenvalue weighted by molar-refractivity contribution is -0.384. The van der Waals surface area contributed by atoms with Crippen molar-refractivity contribution in [1.82, 2.24) is 5.32 Å². The van der Waals surface area contributed by atoms with Crippen molar-refractivity contribution in [2.45, 2.75) is 30.7 Å². The van der Waals surface area contributed by atoms with Gasteiger partial charge in [-0.15, -0.1) is 0 Å². The van der Waals surface area contributed by atoms with E-state index >= 15 is 0 Å². The van der Waals surface area contributed by atoms with Gasteiger partial charge < -0.3 is 5.32 Å². The van der Waals surface area contributed by atoms with Gasteiger partial charge in [-0.1, -0.05) is 54.6 Å². The Bertz CT molecular complexity index is 1200. The van der Waals surface area contributed by atoms with Gasteiger partial charge in [0.05, 0.1) is 15.5 Å². The molecule has 0 saturated carbocycles. The Kier molecular flexibility index (Phi) is 7.78. The van der Waals surface area contributed by atoms with E-state index in [0.29, 0.717) is 6.42 Å². The van der Waals surface area contributed by atoms with Crippen molar-refractivity contribution >= 4 is 27.3 Å². The van der Waals surface area contributed by atoms with Crippen LogP contribution in [0.4, 0.5) is 11.4 Å². The van der Waals surface area contributed by atoms with Crippen LogP contribution in [-0.2, 0) is 21.2 Å². The Hall–Kier alpha value is -3.72. The molecule has 0 bridgehead atoms. The minimum Gasteiger partial charge on any atom is -0.352 e. The number of nitrogens with one attached hydrogen (secondary N) is 1. The van der Waals surface area contributed by atoms with Gasteiger partial charge in [-0.05, 0) is 43.5 Å². The van der Waals surface area contributed by atoms with Crippen molar-refractivity contribution in [2.75, 3.05) is 10.8 Å². The predicted molar refractivity (Wildman–Crippen MR) is 126 cm³/mol. The number of benzene rings is 3. The first kappa shape index (κ1) is 23.9. The molecule has 3 aromatic carbocycles. The second kappa shape index (κ2) is 10.7. The van der Waals surface area contributed by atoms with Crippen molar-refractivity contribution in [3.05, 3.63) is 101 Å². The quantitative estimate of drug-likeness (QED) is 0.359. The van der Waals surface area contributed by atoms with Crippen LogP contribution in [0.1, 0.15) is 18.9 Å². The van der Waals surface area contributed by atoms with Gasteiger partial charge in [0, 0.05) is 18.2 Å². The maximum atomic E-state index is 13.3. The number of amides is 1. The maximum absolute atomic E-state index is 13.3. The molecule has 0 unspecified atom stereocenters. The van der Waals surface area contributed by atoms with E-state index in [1.165, 1.54) is 30.3 Å². The van der Waals surface area contributed by atoms with Gasteiger partial charge in [-0.3, -0.25) is 19.2 Å². The number of carbonyl (C=O) groups is 1. The van der Waals surface area contributed by atoms with E-state index < -0.39 is 27.4 Å². The second-order valence-corrected chi connectivity index (χ2v) is 9.46. The number of nitro groups is 1. The molecule has 1 atom stereocenters. The van der Waals surface area contributed by atoms with Gasteiger partial charge in [0.15, 0.2) is 0 Å². The second-order valence-electron chi connectivity index (χ2n) is 7.59. The summed E-state index contributed by atoms with van der Waals surface area (Å²) in [4.78, 5) is 23.4. The van der Waals surface area contributed by atoms with Crippen LogP contribution in [-0.4, -0.2) is 31.8 Å². The highest BCUT2D eigenvalue weighted by Gasteiger charge is 2.28. The monoisotopic (exact) mass is 467 g/mol. The summed E-state index contributed by atoms with van der Waals surface area (Å²) < 4.78 is 27.5. The van der Waals surface area contributed by atoms with Crippen LogP contribution >= 0.6 is 0 Å². The summed E-state index contributed by atoms with van der Waals surface area (Å²) in [6.07, 6.45) is 1.44. The molecule has 1 amide bonds. The molecule has 0 aliphatic heterocycles. The molecule has 0 heterocycles. The van der Waals surface area contributed by atoms with Crippen molar-refractivity contribution in [3.63, 3.8) is 0 Å². The molecule has 0 aromatic heterocycles. The molecule has 33 heavy (non-hydrogen) atoms. The van der Waals surface area contributed by atoms with Crippen molar-refractivity contribution in [3.8, 4) is 0 Å². The van der Waals surface area contributed by atoms with Crippen LogP contribution in [0.3, 0.4) is 0 Å². The molecule has 0 radical (unpaired) electrons. The van der Waals surface area contributed by atoms with E-state index in [1.54, 1.807) is 18.2 Å². The summed E-state index contributed by atoms with van der Waals surface area (Å²) in [6, 6.07) is 22.5. The third kappa shape index (κ3) is 6.39. The number of carbonyl (C=O) groups excluding carboxylic acids is 1. The number of nitrogens with zero attached hydrogens (tertiary/aromatic N) is 2. The van der Waals surface area contributed by atoms with Gasteiger partial charge >= 0.3 is 0 Å². The Labute approximate surface area is 193 Å². The number of non-ortho nitro benzene ring substituents is 1. The normalized spacial score (nSPS) is 12.0. The number of hydrogen-bond acceptors (Lipinski definition) is 5. The molecule has 8 nitrogen and oxygen atoms in total. The molecule has 0 saturated heterocycles. The summed E-state index contributed by atoms with van der Waals surface area (Å²) in [5.74, 6) is -0.499. The molecule has 1 N–H and O–H groups in total. The molecule has 0 aliphatic rings. The maximum Gasteiger partial charge on any atom is 0.271 e. The van der Waals surface area contributed by atoms with Gasteiger partial charge in [0.25, 0.3) is 15.7 Å². The zero-order valence-electron chi connectivity index (χ0n) is 18.1. The summed E-state index contributed by atoms with van der Waals surface area (Å²) in [5.41, 5.74) is 0.918. The summed E-state index contributed by atoms with van der Waals surface area (Å²) in [6.45, 7) is 1.35. The van der Waals surface area contributed by atoms with Crippen molar-refractivity contribution in [2.24, 2.45) is 0 Å². The topological polar surface area (TPSA) is 110 Å². The number of hydrogen-bond donors (Lipinski definition) is 1. The fraction of sp³-hybridized carbons (Fsp3) is 0.208. The molecule has 0 aliphatic carbocycles. The van der Waals surface area contributed by atoms with Gasteiger partial charge in [0.2, 0.25) is 5.91 Å². The Morgan fingerprint density at radius 1 is 1.00 bits per heavy atom. The fourth-order valence-corrected chi connectivity index (χ4v) is 4.78. The highest BCUT2D eigenvalue weighted by molar-refractivity contribution is 7.92. The first-order chi connectivity index (χ1) is 15.8. The van der Waals surface area contributed by atoms with Crippen LogP contribution in [0, 0.1) is 10.1 Å². The number of nitro benzene ring substituents is 1. The first-order valence-electron chi connectivity index (χ1n) is 10.4. The lowest BCUT2D eigenvalue weighted by Gasteiger charge is -2.25. The third-order valence-corrected chi connectivity index (χ3v) is 6.85. The van der Waals surface area contributed by atoms with Crippen LogP contribution in [0.2, 0.25) is 0 Å². The SMILES string of the molecule is C[C@@H](CCc1ccccc1)NC(=O)CN(c1cccc([N+](=O)[O-])c1)S(=O)(=O)c1ccccc1. The standard InChI is InChI=1S/C24H25N3O5S/c1-19(15-16-20-9-4-2-5-10-20)25-24(28)18-26(21-11-8-12-22(17-21)27(29)30)33(31,32)23-13-6-3-7-14-23/h2-14,17,19H,15-16,18H2,1H3,(H,25,28)/t19-/m0/s1. The Morgan fingerprint density at radius 3 is 2.27 bits per heavy atom. The number of anilines is 1. The molecule has 3 aromatic rings. The van der Waals surface area contributed by atoms with E-state index in [4.69, 9.17) is 0 Å². The van der Waals surface area contributed by atoms with Crippen LogP contribution < -0.4 is 9.62 Å². The lowest BCUT2D eigenvalue weighted by atomic mass is 10.1. The largest absolute Gasteiger partial charge is 0.352 e. The smallest absolute Gasteiger partial charge is 0.271 e. The minimum absolute atomic E-state index is 0.0126. The molecule has 0 fully saturated rings. The zero-order valence-corrected chi connectivity index (χ0v) is 18.9. The highest BCUT2D eigenvalue weighted by atomic mass is 32.2. The predicted octanol–water partition coefficient (Wildman–Crippen LogP) is 3.93. The van der Waals surface area contributed by atoms with Gasteiger partial charge in [-0.25, -0.2) is 8.42 Å². The van der Waals surface area contributed by atoms with Crippen molar-refractivity contribution in [1.29, 1.82) is 0 Å². The van der Waals surface area contributed by atoms with Crippen LogP contribution in [0.5, 0.6) is 0 Å². The third-order valence-electron chi connectivity index (χ3n) is 5.06. The minimum atomic E-state index is -4.13. The fourth-order valence-electron chi connectivity index (χ4n) is 3.35. The van der Waals surface area contributed by atoms with E-state index in [9.17, 15) is 23.3 Å². The Balaban J connectivity index is 1.80. The van der Waals surface area contributed by atoms with Crippen LogP contribution in [0.25, 0.3) is 0 Å². The Morgan fingerprint density at radius 2 is 1.64 bits per heavy atom. The molecular weight excluding hydrogens is 442 g/mol. The molecule has 3 rings (SSSR count). The van der Waals surface area contributed by atoms with E-state index in [0.717, 1.165) is 22.4 Å². The van der Waals surface area contributed by atoms with Gasteiger partial charge in [-0.2, -0.15) is 0 Å². The number of aryl methyl sites for hydroxylation is 1. The first-order valence-corrected chi connectivity index (χ1v) is 11.9. The molecular formula is C24H25N3O5S. The van der Waals surface area contributed by atoms with Crippen molar-refractivity contribution < 1.29 is 18.1 Å². The molecule has 172 valence electrons. The summed E-state index contributed by atoms with van der Waals surface area (Å²) >= 11 is 0. The molecule has 0 spiro atoms. The average molecular weight is 468 g/mol. The van der Waals surface area contributed by atoms with Gasteiger partial charge in [0.1, 0.15) is 6.54 Å². The van der Waals surface area contributed by atoms with E-state index in [1.807, 2.05) is 37.3 Å². The number of sulfonamides is 1. The zero-order chi connectivity index (χ0) is 23.8. The molecule has 9 heteroatoms. The lowest BCUT2D eigenvalue weighted by Crippen LogP contribution is -2.43. The highest BCUT2D eigenvalue weighted by Crippen LogP contribution is 2.26. The van der Waals surface area contributed by atoms with E-state index in [-0.39, 0.29) is 22.3 Å². The number of rotatable bonds is 10. The summed E-state index contributed by atoms with van der Waals surface area (Å²) in [5, 5.41) is 14.0. The average Bonchev–Trinajstić information content (AvgIpc) is 2.82. The van der Waals surface area contributed by atoms with Crippen LogP contribution in [0.15, 0.2) is 89.8 Å².